The number of hydrogen-bond donors (Lipinski definition) is 1. The van der Waals surface area contributed by atoms with E-state index in [1.165, 1.54) is 12.8 Å². The highest BCUT2D eigenvalue weighted by Gasteiger charge is 2.20. The topological polar surface area (TPSA) is 28.2 Å². The van der Waals surface area contributed by atoms with E-state index in [0.29, 0.717) is 0 Å². The van der Waals surface area contributed by atoms with Crippen LogP contribution >= 0.6 is 11.6 Å². The Balaban J connectivity index is 1.99. The van der Waals surface area contributed by atoms with Crippen LogP contribution in [0.15, 0.2) is 12.3 Å². The van der Waals surface area contributed by atoms with E-state index >= 15 is 0 Å². The van der Waals surface area contributed by atoms with Gasteiger partial charge in [0.1, 0.15) is 5.82 Å². The van der Waals surface area contributed by atoms with Crippen molar-refractivity contribution in [3.8, 4) is 0 Å². The van der Waals surface area contributed by atoms with Crippen LogP contribution in [0.25, 0.3) is 0 Å². The fourth-order valence-corrected chi connectivity index (χ4v) is 2.17. The number of nitrogens with zero attached hydrogens (tertiary/aromatic N) is 2. The van der Waals surface area contributed by atoms with Gasteiger partial charge in [0.15, 0.2) is 0 Å². The number of halogens is 1. The third-order valence-electron chi connectivity index (χ3n) is 2.97. The molecular formula is C13H20ClN3. The third kappa shape index (κ3) is 3.58. The Hall–Kier alpha value is -0.800. The van der Waals surface area contributed by atoms with Gasteiger partial charge in [0.2, 0.25) is 0 Å². The molecule has 1 aromatic heterocycles. The highest BCUT2D eigenvalue weighted by Crippen LogP contribution is 2.24. The van der Waals surface area contributed by atoms with E-state index in [1.54, 1.807) is 0 Å². The summed E-state index contributed by atoms with van der Waals surface area (Å²) in [5.41, 5.74) is 1.16. The second-order valence-electron chi connectivity index (χ2n) is 4.73. The first-order valence-corrected chi connectivity index (χ1v) is 6.67. The van der Waals surface area contributed by atoms with Gasteiger partial charge in [0, 0.05) is 32.4 Å². The minimum atomic E-state index is 0.719. The lowest BCUT2D eigenvalue weighted by molar-refractivity contribution is 0.685. The van der Waals surface area contributed by atoms with Crippen molar-refractivity contribution in [3.63, 3.8) is 0 Å². The van der Waals surface area contributed by atoms with Crippen LogP contribution in [-0.4, -0.2) is 24.6 Å². The van der Waals surface area contributed by atoms with Gasteiger partial charge in [-0.3, -0.25) is 0 Å². The van der Waals surface area contributed by atoms with Crippen LogP contribution in [0, 0.1) is 0 Å². The summed E-state index contributed by atoms with van der Waals surface area (Å²) in [5.74, 6) is 0.878. The minimum absolute atomic E-state index is 0.719. The number of anilines is 1. The van der Waals surface area contributed by atoms with Crippen LogP contribution in [0.3, 0.4) is 0 Å². The quantitative estimate of drug-likeness (QED) is 0.845. The molecule has 0 atom stereocenters. The predicted octanol–water partition coefficient (Wildman–Crippen LogP) is 2.83. The van der Waals surface area contributed by atoms with E-state index < -0.39 is 0 Å². The first kappa shape index (κ1) is 12.7. The molecule has 2 rings (SSSR count). The molecule has 1 aliphatic rings. The molecule has 1 fully saturated rings. The normalized spacial score (nSPS) is 15.0. The summed E-state index contributed by atoms with van der Waals surface area (Å²) in [6, 6.07) is 2.74. The summed E-state index contributed by atoms with van der Waals surface area (Å²) in [6.07, 6.45) is 5.62. The molecule has 0 bridgehead atoms. The Morgan fingerprint density at radius 1 is 1.53 bits per heavy atom. The fraction of sp³-hybridized carbons (Fsp3) is 0.615. The molecule has 0 aliphatic heterocycles. The van der Waals surface area contributed by atoms with Crippen LogP contribution in [0.2, 0.25) is 5.02 Å². The molecule has 1 aliphatic carbocycles. The van der Waals surface area contributed by atoms with Gasteiger partial charge < -0.3 is 10.2 Å². The Bertz CT molecular complexity index is 377. The molecule has 1 saturated carbocycles. The highest BCUT2D eigenvalue weighted by molar-refractivity contribution is 6.33. The van der Waals surface area contributed by atoms with Gasteiger partial charge in [0.05, 0.1) is 5.02 Å². The molecule has 94 valence electrons. The summed E-state index contributed by atoms with van der Waals surface area (Å²) in [4.78, 5) is 6.55. The predicted molar refractivity (Wildman–Crippen MR) is 72.7 cm³/mol. The first-order valence-electron chi connectivity index (χ1n) is 6.29. The maximum Gasteiger partial charge on any atom is 0.147 e. The summed E-state index contributed by atoms with van der Waals surface area (Å²) < 4.78 is 0. The van der Waals surface area contributed by atoms with E-state index in [4.69, 9.17) is 11.6 Å². The average molecular weight is 254 g/mol. The minimum Gasteiger partial charge on any atom is -0.358 e. The molecule has 3 nitrogen and oxygen atoms in total. The highest BCUT2D eigenvalue weighted by atomic mass is 35.5. The molecule has 17 heavy (non-hydrogen) atoms. The van der Waals surface area contributed by atoms with Crippen molar-refractivity contribution in [3.05, 3.63) is 22.8 Å². The lowest BCUT2D eigenvalue weighted by Crippen LogP contribution is -2.20. The molecule has 4 heteroatoms. The first-order chi connectivity index (χ1) is 8.20. The zero-order valence-electron chi connectivity index (χ0n) is 10.5. The van der Waals surface area contributed by atoms with Gasteiger partial charge in [-0.1, -0.05) is 18.5 Å². The molecular weight excluding hydrogens is 234 g/mol. The second kappa shape index (κ2) is 5.69. The van der Waals surface area contributed by atoms with Crippen LogP contribution in [0.4, 0.5) is 5.82 Å². The molecule has 0 spiro atoms. The zero-order chi connectivity index (χ0) is 12.3. The summed E-state index contributed by atoms with van der Waals surface area (Å²) in [6.45, 7) is 4.00. The van der Waals surface area contributed by atoms with Crippen molar-refractivity contribution in [2.45, 2.75) is 38.8 Å². The standard InChI is InChI=1S/C13H20ClN3/c1-3-6-17(2)13-12(14)7-10(9-16-13)8-15-11-4-5-11/h7,9,11,15H,3-6,8H2,1-2H3. The van der Waals surface area contributed by atoms with Crippen molar-refractivity contribution in [1.29, 1.82) is 0 Å². The van der Waals surface area contributed by atoms with Crippen molar-refractivity contribution >= 4 is 17.4 Å². The summed E-state index contributed by atoms with van der Waals surface area (Å²) >= 11 is 6.26. The van der Waals surface area contributed by atoms with Gasteiger partial charge >= 0.3 is 0 Å². The smallest absolute Gasteiger partial charge is 0.147 e. The van der Waals surface area contributed by atoms with E-state index in [2.05, 4.69) is 22.1 Å². The van der Waals surface area contributed by atoms with Crippen LogP contribution < -0.4 is 10.2 Å². The van der Waals surface area contributed by atoms with Crippen LogP contribution in [0.5, 0.6) is 0 Å². The van der Waals surface area contributed by atoms with Gasteiger partial charge in [-0.25, -0.2) is 4.98 Å². The third-order valence-corrected chi connectivity index (χ3v) is 3.25. The Morgan fingerprint density at radius 2 is 2.29 bits per heavy atom. The molecule has 1 heterocycles. The molecule has 1 aromatic rings. The number of pyridine rings is 1. The van der Waals surface area contributed by atoms with Gasteiger partial charge in [-0.15, -0.1) is 0 Å². The molecule has 0 unspecified atom stereocenters. The fourth-order valence-electron chi connectivity index (χ4n) is 1.84. The Morgan fingerprint density at radius 3 is 2.88 bits per heavy atom. The summed E-state index contributed by atoms with van der Waals surface area (Å²) in [7, 11) is 2.03. The van der Waals surface area contributed by atoms with E-state index in [0.717, 1.165) is 42.0 Å². The Kier molecular flexibility index (Phi) is 4.24. The molecule has 0 radical (unpaired) electrons. The summed E-state index contributed by atoms with van der Waals surface area (Å²) in [5, 5.41) is 4.21. The van der Waals surface area contributed by atoms with Crippen molar-refractivity contribution < 1.29 is 0 Å². The average Bonchev–Trinajstić information content (AvgIpc) is 3.10. The SMILES string of the molecule is CCCN(C)c1ncc(CNC2CC2)cc1Cl. The van der Waals surface area contributed by atoms with Crippen molar-refractivity contribution in [2.75, 3.05) is 18.5 Å². The number of rotatable bonds is 6. The second-order valence-corrected chi connectivity index (χ2v) is 5.13. The van der Waals surface area contributed by atoms with Gasteiger partial charge in [0.25, 0.3) is 0 Å². The van der Waals surface area contributed by atoms with Crippen LogP contribution in [0.1, 0.15) is 31.7 Å². The lowest BCUT2D eigenvalue weighted by Gasteiger charge is -2.18. The Labute approximate surface area is 108 Å². The van der Waals surface area contributed by atoms with E-state index in [9.17, 15) is 0 Å². The van der Waals surface area contributed by atoms with Gasteiger partial charge in [-0.05, 0) is 30.9 Å². The monoisotopic (exact) mass is 253 g/mol. The molecule has 0 aromatic carbocycles. The number of aromatic nitrogens is 1. The number of nitrogens with one attached hydrogen (secondary N) is 1. The van der Waals surface area contributed by atoms with Crippen molar-refractivity contribution in [1.82, 2.24) is 10.3 Å². The maximum atomic E-state index is 6.26. The number of hydrogen-bond acceptors (Lipinski definition) is 3. The molecule has 0 saturated heterocycles. The largest absolute Gasteiger partial charge is 0.358 e. The van der Waals surface area contributed by atoms with Crippen LogP contribution in [-0.2, 0) is 6.54 Å². The van der Waals surface area contributed by atoms with Crippen molar-refractivity contribution in [2.24, 2.45) is 0 Å². The molecule has 1 N–H and O–H groups in total. The molecule has 0 amide bonds. The van der Waals surface area contributed by atoms with E-state index in [1.807, 2.05) is 19.3 Å². The zero-order valence-corrected chi connectivity index (χ0v) is 11.3. The van der Waals surface area contributed by atoms with Gasteiger partial charge in [-0.2, -0.15) is 0 Å². The van der Waals surface area contributed by atoms with E-state index in [-0.39, 0.29) is 0 Å². The maximum absolute atomic E-state index is 6.26. The lowest BCUT2D eigenvalue weighted by atomic mass is 10.2.